The van der Waals surface area contributed by atoms with Gasteiger partial charge in [-0.1, -0.05) is 11.6 Å². The highest BCUT2D eigenvalue weighted by Crippen LogP contribution is 2.27. The van der Waals surface area contributed by atoms with E-state index in [2.05, 4.69) is 0 Å². The first-order chi connectivity index (χ1) is 8.60. The molecule has 2 aromatic rings. The Hall–Kier alpha value is -1.45. The number of ether oxygens (including phenoxy) is 1. The van der Waals surface area contributed by atoms with Gasteiger partial charge in [0.2, 0.25) is 0 Å². The lowest BCUT2D eigenvalue weighted by molar-refractivity contribution is 0.181. The highest BCUT2D eigenvalue weighted by atomic mass is 35.5. The van der Waals surface area contributed by atoms with Gasteiger partial charge in [0.25, 0.3) is 0 Å². The van der Waals surface area contributed by atoms with Crippen LogP contribution in [0.2, 0.25) is 5.02 Å². The lowest BCUT2D eigenvalue weighted by atomic mass is 10.2. The molecule has 1 heterocycles. The van der Waals surface area contributed by atoms with E-state index in [0.29, 0.717) is 11.6 Å². The van der Waals surface area contributed by atoms with E-state index >= 15 is 0 Å². The van der Waals surface area contributed by atoms with Crippen molar-refractivity contribution in [3.8, 4) is 5.75 Å². The lowest BCUT2D eigenvalue weighted by Gasteiger charge is -2.17. The van der Waals surface area contributed by atoms with Crippen LogP contribution in [0.1, 0.15) is 23.2 Å². The molecule has 4 heteroatoms. The first-order valence-electron chi connectivity index (χ1n) is 5.79. The summed E-state index contributed by atoms with van der Waals surface area (Å²) in [6.07, 6.45) is -0.279. The molecule has 2 N–H and O–H groups in total. The molecule has 1 aromatic heterocycles. The van der Waals surface area contributed by atoms with E-state index in [-0.39, 0.29) is 6.10 Å². The zero-order valence-corrected chi connectivity index (χ0v) is 11.2. The summed E-state index contributed by atoms with van der Waals surface area (Å²) in [4.78, 5) is 0. The van der Waals surface area contributed by atoms with Crippen LogP contribution in [-0.4, -0.2) is 6.54 Å². The van der Waals surface area contributed by atoms with Crippen LogP contribution in [0.25, 0.3) is 0 Å². The zero-order valence-electron chi connectivity index (χ0n) is 10.4. The number of nitrogens with two attached hydrogens (primary N) is 1. The average Bonchev–Trinajstić information content (AvgIpc) is 2.75. The molecule has 0 aliphatic carbocycles. The summed E-state index contributed by atoms with van der Waals surface area (Å²) < 4.78 is 11.4. The number of furan rings is 1. The normalized spacial score (nSPS) is 12.4. The van der Waals surface area contributed by atoms with Gasteiger partial charge in [-0.25, -0.2) is 0 Å². The van der Waals surface area contributed by atoms with Crippen LogP contribution in [0.5, 0.6) is 5.75 Å². The molecule has 0 fully saturated rings. The third-order valence-corrected chi connectivity index (χ3v) is 2.93. The zero-order chi connectivity index (χ0) is 13.1. The van der Waals surface area contributed by atoms with Gasteiger partial charge in [0, 0.05) is 11.6 Å². The maximum Gasteiger partial charge on any atom is 0.168 e. The van der Waals surface area contributed by atoms with Crippen molar-refractivity contribution in [2.24, 2.45) is 5.73 Å². The largest absolute Gasteiger partial charge is 0.481 e. The Kier molecular flexibility index (Phi) is 3.94. The second kappa shape index (κ2) is 5.46. The highest BCUT2D eigenvalue weighted by Gasteiger charge is 2.16. The quantitative estimate of drug-likeness (QED) is 0.918. The number of benzene rings is 1. The average molecular weight is 266 g/mol. The molecule has 2 rings (SSSR count). The first kappa shape index (κ1) is 13.0. The van der Waals surface area contributed by atoms with Crippen LogP contribution < -0.4 is 10.5 Å². The number of halogens is 1. The van der Waals surface area contributed by atoms with Crippen LogP contribution in [0.4, 0.5) is 0 Å². The molecule has 3 nitrogen and oxygen atoms in total. The maximum absolute atomic E-state index is 5.91. The van der Waals surface area contributed by atoms with Crippen LogP contribution in [0.3, 0.4) is 0 Å². The summed E-state index contributed by atoms with van der Waals surface area (Å²) in [5.41, 5.74) is 6.71. The van der Waals surface area contributed by atoms with Gasteiger partial charge in [0.05, 0.1) is 0 Å². The Bertz CT molecular complexity index is 536. The third kappa shape index (κ3) is 2.86. The van der Waals surface area contributed by atoms with Gasteiger partial charge in [-0.15, -0.1) is 0 Å². The van der Waals surface area contributed by atoms with E-state index in [1.165, 1.54) is 0 Å². The molecule has 96 valence electrons. The Labute approximate surface area is 111 Å². The first-order valence-corrected chi connectivity index (χ1v) is 6.17. The topological polar surface area (TPSA) is 48.4 Å². The van der Waals surface area contributed by atoms with Gasteiger partial charge >= 0.3 is 0 Å². The Morgan fingerprint density at radius 1 is 1.28 bits per heavy atom. The molecule has 0 aliphatic rings. The molecule has 1 unspecified atom stereocenters. The Morgan fingerprint density at radius 2 is 2.06 bits per heavy atom. The van der Waals surface area contributed by atoms with E-state index < -0.39 is 0 Å². The van der Waals surface area contributed by atoms with E-state index in [0.717, 1.165) is 22.8 Å². The van der Waals surface area contributed by atoms with Crippen LogP contribution >= 0.6 is 11.6 Å². The van der Waals surface area contributed by atoms with E-state index in [9.17, 15) is 0 Å². The fourth-order valence-electron chi connectivity index (χ4n) is 1.75. The fourth-order valence-corrected chi connectivity index (χ4v) is 1.97. The number of aryl methyl sites for hydroxylation is 2. The standard InChI is InChI=1S/C14H16ClNO2/c1-9-7-11(15)4-6-12(9)18-14(8-16)13-5-3-10(2)17-13/h3-7,14H,8,16H2,1-2H3. The molecule has 0 aliphatic heterocycles. The molecule has 0 amide bonds. The van der Waals surface area contributed by atoms with Crippen molar-refractivity contribution in [3.05, 3.63) is 52.4 Å². The molecule has 0 spiro atoms. The fraction of sp³-hybridized carbons (Fsp3) is 0.286. The minimum atomic E-state index is -0.279. The predicted octanol–water partition coefficient (Wildman–Crippen LogP) is 3.63. The molecular formula is C14H16ClNO2. The molecule has 0 radical (unpaired) electrons. The van der Waals surface area contributed by atoms with Gasteiger partial charge in [-0.3, -0.25) is 0 Å². The van der Waals surface area contributed by atoms with Gasteiger partial charge < -0.3 is 14.9 Å². The summed E-state index contributed by atoms with van der Waals surface area (Å²) in [6, 6.07) is 9.28. The van der Waals surface area contributed by atoms with Crippen LogP contribution in [0, 0.1) is 13.8 Å². The summed E-state index contributed by atoms with van der Waals surface area (Å²) in [7, 11) is 0. The molecule has 0 bridgehead atoms. The van der Waals surface area contributed by atoms with E-state index in [1.54, 1.807) is 6.07 Å². The van der Waals surface area contributed by atoms with Crippen molar-refractivity contribution in [1.29, 1.82) is 0 Å². The summed E-state index contributed by atoms with van der Waals surface area (Å²) >= 11 is 5.91. The van der Waals surface area contributed by atoms with Gasteiger partial charge in [0.1, 0.15) is 17.3 Å². The molecule has 1 aromatic carbocycles. The van der Waals surface area contributed by atoms with Crippen LogP contribution in [-0.2, 0) is 0 Å². The minimum Gasteiger partial charge on any atom is -0.481 e. The van der Waals surface area contributed by atoms with Crippen molar-refractivity contribution in [3.63, 3.8) is 0 Å². The second-order valence-corrected chi connectivity index (χ2v) is 4.64. The molecule has 18 heavy (non-hydrogen) atoms. The van der Waals surface area contributed by atoms with Gasteiger partial charge in [0.15, 0.2) is 6.10 Å². The van der Waals surface area contributed by atoms with Crippen molar-refractivity contribution < 1.29 is 9.15 Å². The minimum absolute atomic E-state index is 0.279. The SMILES string of the molecule is Cc1ccc(C(CN)Oc2ccc(Cl)cc2C)o1. The van der Waals surface area contributed by atoms with Crippen molar-refractivity contribution >= 4 is 11.6 Å². The van der Waals surface area contributed by atoms with Gasteiger partial charge in [-0.05, 0) is 49.7 Å². The highest BCUT2D eigenvalue weighted by molar-refractivity contribution is 6.30. The van der Waals surface area contributed by atoms with Crippen molar-refractivity contribution in [2.75, 3.05) is 6.54 Å². The van der Waals surface area contributed by atoms with E-state index in [1.807, 2.05) is 38.1 Å². The number of hydrogen-bond donors (Lipinski definition) is 1. The summed E-state index contributed by atoms with van der Waals surface area (Å²) in [5.74, 6) is 2.35. The number of rotatable bonds is 4. The molecule has 0 saturated carbocycles. The Balaban J connectivity index is 2.20. The molecule has 0 saturated heterocycles. The van der Waals surface area contributed by atoms with E-state index in [4.69, 9.17) is 26.5 Å². The summed E-state index contributed by atoms with van der Waals surface area (Å²) in [5, 5.41) is 0.693. The molecule has 1 atom stereocenters. The Morgan fingerprint density at radius 3 is 2.61 bits per heavy atom. The smallest absolute Gasteiger partial charge is 0.168 e. The lowest BCUT2D eigenvalue weighted by Crippen LogP contribution is -2.18. The number of hydrogen-bond acceptors (Lipinski definition) is 3. The molecular weight excluding hydrogens is 250 g/mol. The third-order valence-electron chi connectivity index (χ3n) is 2.70. The van der Waals surface area contributed by atoms with Gasteiger partial charge in [-0.2, -0.15) is 0 Å². The second-order valence-electron chi connectivity index (χ2n) is 4.20. The monoisotopic (exact) mass is 265 g/mol. The summed E-state index contributed by atoms with van der Waals surface area (Å²) in [6.45, 7) is 4.20. The van der Waals surface area contributed by atoms with Crippen molar-refractivity contribution in [2.45, 2.75) is 20.0 Å². The predicted molar refractivity (Wildman–Crippen MR) is 72.1 cm³/mol. The maximum atomic E-state index is 5.91. The van der Waals surface area contributed by atoms with Crippen molar-refractivity contribution in [1.82, 2.24) is 0 Å². The van der Waals surface area contributed by atoms with Crippen LogP contribution in [0.15, 0.2) is 34.7 Å².